The Kier molecular flexibility index (Phi) is 4.55. The third-order valence-corrected chi connectivity index (χ3v) is 3.77. The highest BCUT2D eigenvalue weighted by Gasteiger charge is 2.24. The van der Waals surface area contributed by atoms with Crippen LogP contribution in [0.2, 0.25) is 0 Å². The van der Waals surface area contributed by atoms with Crippen LogP contribution in [0.1, 0.15) is 49.4 Å². The van der Waals surface area contributed by atoms with E-state index >= 15 is 0 Å². The lowest BCUT2D eigenvalue weighted by Crippen LogP contribution is -2.13. The lowest BCUT2D eigenvalue weighted by molar-refractivity contribution is 0.183. The molecule has 1 aromatic rings. The third kappa shape index (κ3) is 3.29. The molecule has 94 valence electrons. The van der Waals surface area contributed by atoms with Gasteiger partial charge >= 0.3 is 0 Å². The summed E-state index contributed by atoms with van der Waals surface area (Å²) >= 11 is 0. The summed E-state index contributed by atoms with van der Waals surface area (Å²) in [6, 6.07) is 7.89. The molecule has 2 heteroatoms. The first-order valence-electron chi connectivity index (χ1n) is 6.74. The van der Waals surface area contributed by atoms with Crippen molar-refractivity contribution in [3.05, 3.63) is 35.4 Å². The smallest absolute Gasteiger partial charge is 0.128 e. The molecule has 17 heavy (non-hydrogen) atoms. The molecule has 0 saturated heterocycles. The van der Waals surface area contributed by atoms with E-state index in [4.69, 9.17) is 5.73 Å². The first-order valence-corrected chi connectivity index (χ1v) is 6.74. The van der Waals surface area contributed by atoms with Crippen LogP contribution in [0.25, 0.3) is 0 Å². The number of rotatable bonds is 4. The van der Waals surface area contributed by atoms with Crippen molar-refractivity contribution in [3.63, 3.8) is 0 Å². The Bertz CT molecular complexity index is 345. The highest BCUT2D eigenvalue weighted by molar-refractivity contribution is 5.26. The summed E-state index contributed by atoms with van der Waals surface area (Å²) in [6.45, 7) is 0.629. The van der Waals surface area contributed by atoms with Gasteiger partial charge in [-0.25, -0.2) is 4.39 Å². The first-order chi connectivity index (χ1) is 8.31. The second-order valence-electron chi connectivity index (χ2n) is 5.08. The van der Waals surface area contributed by atoms with Gasteiger partial charge in [-0.2, -0.15) is 0 Å². The summed E-state index contributed by atoms with van der Waals surface area (Å²) < 4.78 is 14.4. The van der Waals surface area contributed by atoms with Gasteiger partial charge in [-0.05, 0) is 42.9 Å². The van der Waals surface area contributed by atoms with Crippen LogP contribution in [-0.2, 0) is 6.42 Å². The summed E-state index contributed by atoms with van der Waals surface area (Å²) in [5, 5.41) is 0. The van der Waals surface area contributed by atoms with Crippen LogP contribution in [0.3, 0.4) is 0 Å². The molecule has 0 spiro atoms. The summed E-state index contributed by atoms with van der Waals surface area (Å²) in [5.41, 5.74) is 7.54. The van der Waals surface area contributed by atoms with E-state index in [1.54, 1.807) is 0 Å². The molecule has 2 rings (SSSR count). The van der Waals surface area contributed by atoms with Gasteiger partial charge in [-0.3, -0.25) is 0 Å². The molecule has 0 aliphatic heterocycles. The van der Waals surface area contributed by atoms with Crippen molar-refractivity contribution in [1.29, 1.82) is 0 Å². The fraction of sp³-hybridized carbons (Fsp3) is 0.600. The third-order valence-electron chi connectivity index (χ3n) is 3.77. The molecule has 2 N–H and O–H groups in total. The van der Waals surface area contributed by atoms with Crippen molar-refractivity contribution < 1.29 is 4.39 Å². The Balaban J connectivity index is 2.06. The molecule has 0 amide bonds. The molecule has 1 atom stereocenters. The van der Waals surface area contributed by atoms with E-state index in [0.717, 1.165) is 30.4 Å². The second-order valence-corrected chi connectivity index (χ2v) is 5.08. The number of hydrogen-bond donors (Lipinski definition) is 1. The van der Waals surface area contributed by atoms with Crippen molar-refractivity contribution in [2.75, 3.05) is 6.54 Å². The van der Waals surface area contributed by atoms with Gasteiger partial charge in [-0.15, -0.1) is 0 Å². The topological polar surface area (TPSA) is 26.0 Å². The number of hydrogen-bond acceptors (Lipinski definition) is 1. The predicted molar refractivity (Wildman–Crippen MR) is 69.6 cm³/mol. The van der Waals surface area contributed by atoms with Crippen molar-refractivity contribution >= 4 is 0 Å². The first kappa shape index (κ1) is 12.6. The molecule has 1 nitrogen and oxygen atoms in total. The molecule has 1 fully saturated rings. The Labute approximate surface area is 103 Å². The van der Waals surface area contributed by atoms with Crippen LogP contribution >= 0.6 is 0 Å². The molecule has 1 aromatic carbocycles. The zero-order chi connectivity index (χ0) is 12.1. The monoisotopic (exact) mass is 235 g/mol. The lowest BCUT2D eigenvalue weighted by Gasteiger charge is -2.25. The Morgan fingerprint density at radius 1 is 1.24 bits per heavy atom. The Morgan fingerprint density at radius 2 is 2.00 bits per heavy atom. The normalized spacial score (nSPS) is 19.2. The number of benzene rings is 1. The minimum atomic E-state index is -0.784. The van der Waals surface area contributed by atoms with E-state index in [1.807, 2.05) is 24.3 Å². The van der Waals surface area contributed by atoms with E-state index in [9.17, 15) is 4.39 Å². The van der Waals surface area contributed by atoms with Crippen LogP contribution < -0.4 is 5.73 Å². The summed E-state index contributed by atoms with van der Waals surface area (Å²) in [7, 11) is 0. The highest BCUT2D eigenvalue weighted by atomic mass is 19.1. The molecule has 0 aromatic heterocycles. The molecular formula is C15H22FN. The van der Waals surface area contributed by atoms with Gasteiger partial charge in [0.2, 0.25) is 0 Å². The van der Waals surface area contributed by atoms with Crippen molar-refractivity contribution in [3.8, 4) is 0 Å². The zero-order valence-corrected chi connectivity index (χ0v) is 10.4. The van der Waals surface area contributed by atoms with Crippen molar-refractivity contribution in [1.82, 2.24) is 0 Å². The van der Waals surface area contributed by atoms with Crippen LogP contribution in [-0.4, -0.2) is 6.54 Å². The average molecular weight is 235 g/mol. The molecule has 1 unspecified atom stereocenters. The van der Waals surface area contributed by atoms with Gasteiger partial charge in [0.05, 0.1) is 0 Å². The van der Waals surface area contributed by atoms with E-state index < -0.39 is 6.17 Å². The van der Waals surface area contributed by atoms with Gasteiger partial charge in [0.15, 0.2) is 0 Å². The fourth-order valence-corrected chi connectivity index (χ4v) is 2.79. The van der Waals surface area contributed by atoms with Gasteiger partial charge in [0, 0.05) is 0 Å². The molecule has 1 saturated carbocycles. The van der Waals surface area contributed by atoms with Gasteiger partial charge in [-0.1, -0.05) is 43.5 Å². The molecule has 1 aliphatic carbocycles. The second kappa shape index (κ2) is 6.15. The SMILES string of the molecule is NCCc1cccc(C(F)C2CCCCC2)c1. The van der Waals surface area contributed by atoms with Crippen LogP contribution in [0.5, 0.6) is 0 Å². The van der Waals surface area contributed by atoms with E-state index in [-0.39, 0.29) is 5.92 Å². The molecule has 0 heterocycles. The van der Waals surface area contributed by atoms with Crippen molar-refractivity contribution in [2.45, 2.75) is 44.7 Å². The van der Waals surface area contributed by atoms with Gasteiger partial charge < -0.3 is 5.73 Å². The number of halogens is 1. The predicted octanol–water partition coefficient (Wildman–Crippen LogP) is 3.78. The number of nitrogens with two attached hydrogens (primary N) is 1. The molecule has 1 aliphatic rings. The zero-order valence-electron chi connectivity index (χ0n) is 10.4. The van der Waals surface area contributed by atoms with Crippen LogP contribution in [0.4, 0.5) is 4.39 Å². The summed E-state index contributed by atoms with van der Waals surface area (Å²) in [4.78, 5) is 0. The Hall–Kier alpha value is -0.890. The maximum absolute atomic E-state index is 14.4. The van der Waals surface area contributed by atoms with E-state index in [2.05, 4.69) is 0 Å². The minimum Gasteiger partial charge on any atom is -0.330 e. The maximum atomic E-state index is 14.4. The van der Waals surface area contributed by atoms with Crippen LogP contribution in [0, 0.1) is 5.92 Å². The fourth-order valence-electron chi connectivity index (χ4n) is 2.79. The number of alkyl halides is 1. The minimum absolute atomic E-state index is 0.233. The summed E-state index contributed by atoms with van der Waals surface area (Å²) in [5.74, 6) is 0.233. The summed E-state index contributed by atoms with van der Waals surface area (Å²) in [6.07, 6.45) is 5.79. The Morgan fingerprint density at radius 3 is 2.71 bits per heavy atom. The largest absolute Gasteiger partial charge is 0.330 e. The van der Waals surface area contributed by atoms with E-state index in [0.29, 0.717) is 6.54 Å². The van der Waals surface area contributed by atoms with E-state index in [1.165, 1.54) is 19.3 Å². The van der Waals surface area contributed by atoms with Crippen molar-refractivity contribution in [2.24, 2.45) is 11.7 Å². The van der Waals surface area contributed by atoms with Gasteiger partial charge in [0.1, 0.15) is 6.17 Å². The lowest BCUT2D eigenvalue weighted by atomic mass is 9.83. The molecule has 0 radical (unpaired) electrons. The molecular weight excluding hydrogens is 213 g/mol. The highest BCUT2D eigenvalue weighted by Crippen LogP contribution is 2.37. The average Bonchev–Trinajstić information content (AvgIpc) is 2.40. The standard InChI is InChI=1S/C15H22FN/c16-15(13-6-2-1-3-7-13)14-8-4-5-12(11-14)9-10-17/h4-5,8,11,13,15H,1-3,6-7,9-10,17H2. The maximum Gasteiger partial charge on any atom is 0.128 e. The quantitative estimate of drug-likeness (QED) is 0.844. The van der Waals surface area contributed by atoms with Gasteiger partial charge in [0.25, 0.3) is 0 Å². The molecule has 0 bridgehead atoms. The van der Waals surface area contributed by atoms with Crippen LogP contribution in [0.15, 0.2) is 24.3 Å².